The predicted octanol–water partition coefficient (Wildman–Crippen LogP) is 1.65. The van der Waals surface area contributed by atoms with Gasteiger partial charge in [0, 0.05) is 29.5 Å². The number of fused-ring (bicyclic) bond motifs is 1. The summed E-state index contributed by atoms with van der Waals surface area (Å²) in [5.41, 5.74) is 1.13. The standard InChI is InChI=1S/C19H16FN4O3/c20-14-6-8-15(9-7-14)22-10-11-23-17(26)18(27)24(21-19(22)23)12-16(25)13-4-2-1-3-5-13/h1-9,19H,10-12H2/q+1. The molecule has 1 fully saturated rings. The number of benzene rings is 2. The molecule has 1 atom stereocenters. The van der Waals surface area contributed by atoms with Crippen LogP contribution < -0.4 is 4.90 Å². The van der Waals surface area contributed by atoms with Crippen molar-refractivity contribution in [3.05, 3.63) is 66.0 Å². The third-order valence-electron chi connectivity index (χ3n) is 4.61. The maximum Gasteiger partial charge on any atom is 0.502 e. The first kappa shape index (κ1) is 17.0. The number of carbonyl (C=O) groups excluding carboxylic acids is 3. The minimum Gasteiger partial charge on any atom is -0.326 e. The van der Waals surface area contributed by atoms with E-state index in [-0.39, 0.29) is 18.1 Å². The molecule has 1 unspecified atom stereocenters. The van der Waals surface area contributed by atoms with E-state index in [0.29, 0.717) is 24.3 Å². The molecule has 136 valence electrons. The number of carbonyl (C=O) groups is 3. The van der Waals surface area contributed by atoms with Crippen LogP contribution in [0.5, 0.6) is 0 Å². The molecule has 0 spiro atoms. The Hall–Kier alpha value is -3.42. The van der Waals surface area contributed by atoms with Crippen LogP contribution in [0.3, 0.4) is 0 Å². The minimum absolute atomic E-state index is 0.305. The number of anilines is 1. The smallest absolute Gasteiger partial charge is 0.326 e. The molecule has 4 rings (SSSR count). The van der Waals surface area contributed by atoms with Gasteiger partial charge in [-0.1, -0.05) is 30.3 Å². The highest BCUT2D eigenvalue weighted by Crippen LogP contribution is 2.27. The van der Waals surface area contributed by atoms with E-state index in [4.69, 9.17) is 0 Å². The summed E-state index contributed by atoms with van der Waals surface area (Å²) in [6.07, 6.45) is -0.732. The minimum atomic E-state index is -0.823. The molecule has 0 saturated carbocycles. The summed E-state index contributed by atoms with van der Waals surface area (Å²) < 4.78 is 14.1. The van der Waals surface area contributed by atoms with Crippen molar-refractivity contribution in [2.75, 3.05) is 24.5 Å². The molecular weight excluding hydrogens is 351 g/mol. The quantitative estimate of drug-likeness (QED) is 0.468. The van der Waals surface area contributed by atoms with Gasteiger partial charge in [0.2, 0.25) is 12.3 Å². The molecule has 1 saturated heterocycles. The van der Waals surface area contributed by atoms with E-state index in [2.05, 4.69) is 5.11 Å². The Morgan fingerprint density at radius 3 is 2.41 bits per heavy atom. The number of halogens is 1. The Morgan fingerprint density at radius 1 is 1.04 bits per heavy atom. The van der Waals surface area contributed by atoms with Crippen molar-refractivity contribution in [2.45, 2.75) is 6.29 Å². The summed E-state index contributed by atoms with van der Waals surface area (Å²) >= 11 is 0. The average Bonchev–Trinajstić information content (AvgIpc) is 3.11. The number of hydrogen-bond acceptors (Lipinski definition) is 5. The topological polar surface area (TPSA) is 73.1 Å². The van der Waals surface area contributed by atoms with Gasteiger partial charge >= 0.3 is 11.8 Å². The van der Waals surface area contributed by atoms with E-state index >= 15 is 0 Å². The van der Waals surface area contributed by atoms with Crippen LogP contribution in [0.25, 0.3) is 0 Å². The van der Waals surface area contributed by atoms with Crippen LogP contribution in [-0.2, 0) is 9.59 Å². The normalized spacial score (nSPS) is 19.1. The van der Waals surface area contributed by atoms with E-state index in [0.717, 1.165) is 4.70 Å². The van der Waals surface area contributed by atoms with E-state index in [9.17, 15) is 18.8 Å². The highest BCUT2D eigenvalue weighted by Gasteiger charge is 2.49. The molecule has 2 amide bonds. The van der Waals surface area contributed by atoms with Crippen LogP contribution in [0.1, 0.15) is 10.4 Å². The highest BCUT2D eigenvalue weighted by atomic mass is 19.1. The Labute approximate surface area is 154 Å². The van der Waals surface area contributed by atoms with E-state index in [1.165, 1.54) is 17.0 Å². The first-order valence-corrected chi connectivity index (χ1v) is 8.48. The zero-order chi connectivity index (χ0) is 19.0. The predicted molar refractivity (Wildman–Crippen MR) is 92.6 cm³/mol. The van der Waals surface area contributed by atoms with E-state index < -0.39 is 18.1 Å². The van der Waals surface area contributed by atoms with Gasteiger partial charge in [-0.25, -0.2) is 9.18 Å². The molecule has 2 aliphatic heterocycles. The van der Waals surface area contributed by atoms with Gasteiger partial charge in [0.25, 0.3) is 6.29 Å². The number of rotatable bonds is 4. The lowest BCUT2D eigenvalue weighted by atomic mass is 10.1. The molecule has 2 aromatic rings. The van der Waals surface area contributed by atoms with Crippen molar-refractivity contribution >= 4 is 23.3 Å². The van der Waals surface area contributed by atoms with Gasteiger partial charge in [-0.2, -0.15) is 0 Å². The SMILES string of the molecule is O=C(C[N+]1=NC2N(CCN2c2ccc(F)cc2)C(=O)C1=O)c1ccccc1. The second kappa shape index (κ2) is 6.71. The maximum absolute atomic E-state index is 13.2. The summed E-state index contributed by atoms with van der Waals surface area (Å²) in [5, 5.41) is 4.32. The lowest BCUT2D eigenvalue weighted by Gasteiger charge is -2.26. The summed E-state index contributed by atoms with van der Waals surface area (Å²) in [7, 11) is 0. The Kier molecular flexibility index (Phi) is 4.23. The zero-order valence-corrected chi connectivity index (χ0v) is 14.3. The van der Waals surface area contributed by atoms with Gasteiger partial charge in [-0.05, 0) is 29.0 Å². The monoisotopic (exact) mass is 367 g/mol. The Morgan fingerprint density at radius 2 is 1.70 bits per heavy atom. The van der Waals surface area contributed by atoms with Crippen molar-refractivity contribution in [1.82, 2.24) is 4.90 Å². The van der Waals surface area contributed by atoms with Crippen LogP contribution in [0.4, 0.5) is 10.1 Å². The lowest BCUT2D eigenvalue weighted by Crippen LogP contribution is -2.52. The largest absolute Gasteiger partial charge is 0.502 e. The van der Waals surface area contributed by atoms with Crippen LogP contribution in [-0.4, -0.2) is 53.1 Å². The molecule has 0 aliphatic carbocycles. The summed E-state index contributed by atoms with van der Waals surface area (Å²) in [6, 6.07) is 14.4. The fourth-order valence-corrected chi connectivity index (χ4v) is 3.22. The molecule has 2 heterocycles. The van der Waals surface area contributed by atoms with Crippen molar-refractivity contribution in [2.24, 2.45) is 5.11 Å². The fourth-order valence-electron chi connectivity index (χ4n) is 3.22. The van der Waals surface area contributed by atoms with Crippen LogP contribution in [0.15, 0.2) is 59.7 Å². The number of hydrogen-bond donors (Lipinski definition) is 0. The van der Waals surface area contributed by atoms with Crippen molar-refractivity contribution in [3.63, 3.8) is 0 Å². The molecule has 0 radical (unpaired) electrons. The van der Waals surface area contributed by atoms with Crippen LogP contribution in [0, 0.1) is 5.82 Å². The van der Waals surface area contributed by atoms with Crippen LogP contribution in [0.2, 0.25) is 0 Å². The second-order valence-corrected chi connectivity index (χ2v) is 6.28. The number of nitrogens with zero attached hydrogens (tertiary/aromatic N) is 4. The van der Waals surface area contributed by atoms with Crippen molar-refractivity contribution in [3.8, 4) is 0 Å². The molecule has 2 aliphatic rings. The molecular formula is C19H16FN4O3+. The first-order valence-electron chi connectivity index (χ1n) is 8.48. The molecule has 0 N–H and O–H groups in total. The number of Topliss-reactive ketones (excluding diaryl/α,β-unsaturated/α-hetero) is 1. The number of azo groups is 2. The van der Waals surface area contributed by atoms with E-state index in [1.54, 1.807) is 47.4 Å². The summed E-state index contributed by atoms with van der Waals surface area (Å²) in [5.74, 6) is -2.19. The maximum atomic E-state index is 13.2. The first-order chi connectivity index (χ1) is 13.0. The summed E-state index contributed by atoms with van der Waals surface area (Å²) in [4.78, 5) is 40.4. The molecule has 0 aromatic heterocycles. The number of amides is 2. The van der Waals surface area contributed by atoms with Crippen molar-refractivity contribution in [1.29, 1.82) is 0 Å². The van der Waals surface area contributed by atoms with Gasteiger partial charge in [0.1, 0.15) is 5.82 Å². The van der Waals surface area contributed by atoms with Crippen molar-refractivity contribution < 1.29 is 23.5 Å². The molecule has 7 nitrogen and oxygen atoms in total. The molecule has 0 bridgehead atoms. The third-order valence-corrected chi connectivity index (χ3v) is 4.61. The third kappa shape index (κ3) is 3.10. The summed E-state index contributed by atoms with van der Waals surface area (Å²) in [6.45, 7) is 0.478. The Balaban J connectivity index is 1.63. The van der Waals surface area contributed by atoms with Crippen LogP contribution >= 0.6 is 0 Å². The molecule has 2 aromatic carbocycles. The zero-order valence-electron chi connectivity index (χ0n) is 14.3. The second-order valence-electron chi connectivity index (χ2n) is 6.28. The Bertz CT molecular complexity index is 943. The van der Waals surface area contributed by atoms with Gasteiger partial charge in [-0.3, -0.25) is 14.5 Å². The van der Waals surface area contributed by atoms with E-state index in [1.807, 2.05) is 0 Å². The molecule has 27 heavy (non-hydrogen) atoms. The van der Waals surface area contributed by atoms with Gasteiger partial charge in [0.15, 0.2) is 0 Å². The fraction of sp³-hybridized carbons (Fsp3) is 0.211. The lowest BCUT2D eigenvalue weighted by molar-refractivity contribution is -0.507. The van der Waals surface area contributed by atoms with Gasteiger partial charge < -0.3 is 4.90 Å². The van der Waals surface area contributed by atoms with Gasteiger partial charge in [0.05, 0.1) is 0 Å². The number of ketones is 1. The highest BCUT2D eigenvalue weighted by molar-refractivity contribution is 6.32. The average molecular weight is 367 g/mol. The molecule has 8 heteroatoms. The van der Waals surface area contributed by atoms with Gasteiger partial charge in [-0.15, -0.1) is 0 Å².